The molecule has 1 fully saturated rings. The van der Waals surface area contributed by atoms with Crippen molar-refractivity contribution >= 4 is 17.3 Å². The molecular formula is C11H16N2O2S. The van der Waals surface area contributed by atoms with Crippen molar-refractivity contribution in [1.82, 2.24) is 9.88 Å². The van der Waals surface area contributed by atoms with E-state index in [4.69, 9.17) is 5.11 Å². The third-order valence-corrected chi connectivity index (χ3v) is 4.06. The summed E-state index contributed by atoms with van der Waals surface area (Å²) in [6, 6.07) is 0.808. The number of carboxylic acids is 1. The minimum atomic E-state index is -0.877. The zero-order valence-electron chi connectivity index (χ0n) is 9.51. The third-order valence-electron chi connectivity index (χ3n) is 2.98. The van der Waals surface area contributed by atoms with Crippen LogP contribution >= 0.6 is 11.3 Å². The topological polar surface area (TPSA) is 53.4 Å². The monoisotopic (exact) mass is 240 g/mol. The largest absolute Gasteiger partial charge is 0.477 e. The number of hydrogen-bond donors (Lipinski definition) is 1. The van der Waals surface area contributed by atoms with Gasteiger partial charge in [0.25, 0.3) is 0 Å². The molecule has 5 heteroatoms. The van der Waals surface area contributed by atoms with Crippen LogP contribution in [0, 0.1) is 0 Å². The Morgan fingerprint density at radius 3 is 3.00 bits per heavy atom. The number of thiazole rings is 1. The van der Waals surface area contributed by atoms with Gasteiger partial charge in [-0.25, -0.2) is 9.78 Å². The van der Waals surface area contributed by atoms with E-state index in [1.165, 1.54) is 24.0 Å². The predicted octanol–water partition coefficient (Wildman–Crippen LogP) is 2.39. The molecular weight excluding hydrogens is 224 g/mol. The van der Waals surface area contributed by atoms with Crippen LogP contribution in [0.1, 0.15) is 47.4 Å². The van der Waals surface area contributed by atoms with Gasteiger partial charge < -0.3 is 5.11 Å². The van der Waals surface area contributed by atoms with E-state index in [0.29, 0.717) is 17.0 Å². The summed E-state index contributed by atoms with van der Waals surface area (Å²) < 4.78 is 0. The van der Waals surface area contributed by atoms with Crippen LogP contribution in [0.3, 0.4) is 0 Å². The van der Waals surface area contributed by atoms with Crippen molar-refractivity contribution < 1.29 is 9.90 Å². The Hall–Kier alpha value is -0.940. The summed E-state index contributed by atoms with van der Waals surface area (Å²) in [5.74, 6) is -0.877. The maximum atomic E-state index is 10.8. The smallest absolute Gasteiger partial charge is 0.347 e. The lowest BCUT2D eigenvalue weighted by molar-refractivity contribution is 0.0702. The number of aromatic carboxylic acids is 1. The average Bonchev–Trinajstić information content (AvgIpc) is 2.86. The highest BCUT2D eigenvalue weighted by atomic mass is 32.1. The normalized spacial score (nSPS) is 21.8. The van der Waals surface area contributed by atoms with E-state index in [-0.39, 0.29) is 0 Å². The molecule has 1 aliphatic rings. The molecule has 88 valence electrons. The first kappa shape index (κ1) is 11.5. The summed E-state index contributed by atoms with van der Waals surface area (Å²) in [5.41, 5.74) is 0. The molecule has 1 aromatic rings. The summed E-state index contributed by atoms with van der Waals surface area (Å²) in [5, 5.41) is 9.82. The molecule has 1 atom stereocenters. The van der Waals surface area contributed by atoms with Crippen LogP contribution in [0.2, 0.25) is 0 Å². The molecule has 0 aliphatic carbocycles. The van der Waals surface area contributed by atoms with Gasteiger partial charge in [0.15, 0.2) is 0 Å². The lowest BCUT2D eigenvalue weighted by atomic mass is 10.2. The molecule has 0 saturated carbocycles. The second-order valence-corrected chi connectivity index (χ2v) is 5.42. The van der Waals surface area contributed by atoms with Gasteiger partial charge in [0.05, 0.1) is 12.2 Å². The van der Waals surface area contributed by atoms with Crippen LogP contribution in [-0.4, -0.2) is 33.5 Å². The van der Waals surface area contributed by atoms with Crippen LogP contribution in [0.25, 0.3) is 0 Å². The van der Waals surface area contributed by atoms with Gasteiger partial charge in [-0.3, -0.25) is 4.90 Å². The fourth-order valence-electron chi connectivity index (χ4n) is 2.21. The van der Waals surface area contributed by atoms with E-state index >= 15 is 0 Å². The molecule has 16 heavy (non-hydrogen) atoms. The molecule has 1 aliphatic heterocycles. The number of rotatable bonds is 3. The van der Waals surface area contributed by atoms with Gasteiger partial charge in [0.1, 0.15) is 9.88 Å². The highest BCUT2D eigenvalue weighted by molar-refractivity contribution is 7.13. The number of hydrogen-bond acceptors (Lipinski definition) is 4. The molecule has 0 aromatic carbocycles. The Kier molecular flexibility index (Phi) is 3.25. The Balaban J connectivity index is 2.19. The minimum Gasteiger partial charge on any atom is -0.477 e. The van der Waals surface area contributed by atoms with Gasteiger partial charge >= 0.3 is 5.97 Å². The Morgan fingerprint density at radius 2 is 2.44 bits per heavy atom. The van der Waals surface area contributed by atoms with Gasteiger partial charge in [0, 0.05) is 6.04 Å². The van der Waals surface area contributed by atoms with E-state index < -0.39 is 5.97 Å². The van der Waals surface area contributed by atoms with Crippen LogP contribution < -0.4 is 0 Å². The van der Waals surface area contributed by atoms with E-state index in [9.17, 15) is 4.79 Å². The highest BCUT2D eigenvalue weighted by Gasteiger charge is 2.30. The van der Waals surface area contributed by atoms with E-state index in [1.807, 2.05) is 0 Å². The number of carbonyl (C=O) groups is 1. The van der Waals surface area contributed by atoms with E-state index in [2.05, 4.69) is 23.7 Å². The molecule has 2 heterocycles. The van der Waals surface area contributed by atoms with Crippen LogP contribution in [0.5, 0.6) is 0 Å². The second-order valence-electron chi connectivity index (χ2n) is 4.36. The number of carboxylic acid groups (broad SMARTS) is 1. The number of likely N-dealkylation sites (tertiary alicyclic amines) is 1. The zero-order valence-corrected chi connectivity index (χ0v) is 10.3. The van der Waals surface area contributed by atoms with Gasteiger partial charge in [-0.15, -0.1) is 11.3 Å². The van der Waals surface area contributed by atoms with E-state index in [1.54, 1.807) is 0 Å². The van der Waals surface area contributed by atoms with E-state index in [0.717, 1.165) is 18.0 Å². The van der Waals surface area contributed by atoms with Crippen LogP contribution in [-0.2, 0) is 0 Å². The zero-order chi connectivity index (χ0) is 11.7. The van der Waals surface area contributed by atoms with Crippen molar-refractivity contribution in [3.8, 4) is 0 Å². The van der Waals surface area contributed by atoms with Crippen molar-refractivity contribution in [2.24, 2.45) is 0 Å². The first-order valence-electron chi connectivity index (χ1n) is 5.54. The Labute approximate surface area is 98.9 Å². The predicted molar refractivity (Wildman–Crippen MR) is 62.9 cm³/mol. The molecule has 0 amide bonds. The maximum Gasteiger partial charge on any atom is 0.347 e. The molecule has 1 aromatic heterocycles. The lowest BCUT2D eigenvalue weighted by Crippen LogP contribution is -2.30. The van der Waals surface area contributed by atoms with Gasteiger partial charge in [-0.05, 0) is 33.2 Å². The van der Waals surface area contributed by atoms with Crippen molar-refractivity contribution in [2.75, 3.05) is 6.54 Å². The lowest BCUT2D eigenvalue weighted by Gasteiger charge is -2.26. The summed E-state index contributed by atoms with van der Waals surface area (Å²) in [4.78, 5) is 17.8. The van der Waals surface area contributed by atoms with Crippen molar-refractivity contribution in [1.29, 1.82) is 0 Å². The third kappa shape index (κ3) is 2.10. The first-order valence-corrected chi connectivity index (χ1v) is 6.36. The summed E-state index contributed by atoms with van der Waals surface area (Å²) in [6.07, 6.45) is 3.73. The Morgan fingerprint density at radius 1 is 1.69 bits per heavy atom. The molecule has 2 rings (SSSR count). The first-order chi connectivity index (χ1) is 7.59. The minimum absolute atomic E-state index is 0.318. The second kappa shape index (κ2) is 4.51. The maximum absolute atomic E-state index is 10.8. The van der Waals surface area contributed by atoms with Crippen molar-refractivity contribution in [3.63, 3.8) is 0 Å². The molecule has 1 N–H and O–H groups in total. The Bertz CT molecular complexity index is 389. The quantitative estimate of drug-likeness (QED) is 0.881. The average molecular weight is 240 g/mol. The van der Waals surface area contributed by atoms with Crippen molar-refractivity contribution in [3.05, 3.63) is 16.1 Å². The van der Waals surface area contributed by atoms with Gasteiger partial charge in [-0.2, -0.15) is 0 Å². The standard InChI is InChI=1S/C11H16N2O2S/c1-7(2)13-5-3-4-8(13)10-12-6-9(16-10)11(14)15/h6-8H,3-5H2,1-2H3,(H,14,15). The summed E-state index contributed by atoms with van der Waals surface area (Å²) in [7, 11) is 0. The number of aromatic nitrogens is 1. The fourth-order valence-corrected chi connectivity index (χ4v) is 3.13. The molecule has 0 radical (unpaired) electrons. The SMILES string of the molecule is CC(C)N1CCCC1c1ncc(C(=O)O)s1. The summed E-state index contributed by atoms with van der Waals surface area (Å²) in [6.45, 7) is 5.43. The molecule has 0 spiro atoms. The van der Waals surface area contributed by atoms with Crippen LogP contribution in [0.15, 0.2) is 6.20 Å². The van der Waals surface area contributed by atoms with Crippen LogP contribution in [0.4, 0.5) is 0 Å². The molecule has 4 nitrogen and oxygen atoms in total. The molecule has 0 bridgehead atoms. The van der Waals surface area contributed by atoms with Gasteiger partial charge in [-0.1, -0.05) is 0 Å². The molecule has 1 saturated heterocycles. The highest BCUT2D eigenvalue weighted by Crippen LogP contribution is 2.35. The van der Waals surface area contributed by atoms with Gasteiger partial charge in [0.2, 0.25) is 0 Å². The number of nitrogens with zero attached hydrogens (tertiary/aromatic N) is 2. The molecule has 1 unspecified atom stereocenters. The fraction of sp³-hybridized carbons (Fsp3) is 0.636. The van der Waals surface area contributed by atoms with Crippen molar-refractivity contribution in [2.45, 2.75) is 38.8 Å². The summed E-state index contributed by atoms with van der Waals surface area (Å²) >= 11 is 1.31.